The minimum atomic E-state index is -1.13. The largest absolute Gasteiger partial charge is 0.506 e. The molecule has 104 valence electrons. The van der Waals surface area contributed by atoms with Crippen molar-refractivity contribution in [3.05, 3.63) is 41.3 Å². The van der Waals surface area contributed by atoms with Gasteiger partial charge in [0.25, 0.3) is 0 Å². The summed E-state index contributed by atoms with van der Waals surface area (Å²) < 4.78 is 1.03. The van der Waals surface area contributed by atoms with Gasteiger partial charge in [0.05, 0.1) is 21.2 Å². The summed E-state index contributed by atoms with van der Waals surface area (Å²) in [5.74, 6) is -1.44. The van der Waals surface area contributed by atoms with Crippen LogP contribution < -0.4 is 5.32 Å². The SMILES string of the molecule is O=C(CSc1cccs1)Nc1ccc(C(=O)O)cc1O. The topological polar surface area (TPSA) is 86.6 Å². The molecule has 0 fully saturated rings. The molecule has 1 heterocycles. The van der Waals surface area contributed by atoms with Gasteiger partial charge in [-0.2, -0.15) is 0 Å². The Kier molecular flexibility index (Phi) is 4.65. The Labute approximate surface area is 123 Å². The monoisotopic (exact) mass is 309 g/mol. The Hall–Kier alpha value is -1.99. The lowest BCUT2D eigenvalue weighted by molar-refractivity contribution is -0.113. The maximum atomic E-state index is 11.7. The number of carboxylic acids is 1. The quantitative estimate of drug-likeness (QED) is 0.584. The van der Waals surface area contributed by atoms with Crippen LogP contribution in [0.15, 0.2) is 39.9 Å². The standard InChI is InChI=1S/C13H11NO4S2/c15-10-6-8(13(17)18)3-4-9(10)14-11(16)7-20-12-2-1-5-19-12/h1-6,15H,7H2,(H,14,16)(H,17,18). The summed E-state index contributed by atoms with van der Waals surface area (Å²) in [4.78, 5) is 22.4. The third-order valence-electron chi connectivity index (χ3n) is 2.36. The van der Waals surface area contributed by atoms with E-state index in [9.17, 15) is 14.7 Å². The molecule has 3 N–H and O–H groups in total. The van der Waals surface area contributed by atoms with Gasteiger partial charge in [0, 0.05) is 0 Å². The Balaban J connectivity index is 1.95. The van der Waals surface area contributed by atoms with Gasteiger partial charge >= 0.3 is 5.97 Å². The van der Waals surface area contributed by atoms with E-state index < -0.39 is 5.97 Å². The lowest BCUT2D eigenvalue weighted by Gasteiger charge is -2.07. The van der Waals surface area contributed by atoms with Crippen LogP contribution in [0.3, 0.4) is 0 Å². The molecule has 0 saturated carbocycles. The van der Waals surface area contributed by atoms with Gasteiger partial charge in [-0.1, -0.05) is 6.07 Å². The first-order chi connectivity index (χ1) is 9.56. The minimum Gasteiger partial charge on any atom is -0.506 e. The fourth-order valence-electron chi connectivity index (χ4n) is 1.44. The van der Waals surface area contributed by atoms with Crippen molar-refractivity contribution >= 4 is 40.7 Å². The van der Waals surface area contributed by atoms with Gasteiger partial charge in [-0.05, 0) is 29.6 Å². The minimum absolute atomic E-state index is 0.0338. The fourth-order valence-corrected chi connectivity index (χ4v) is 3.02. The molecule has 2 rings (SSSR count). The molecule has 7 heteroatoms. The molecule has 0 unspecified atom stereocenters. The van der Waals surface area contributed by atoms with Crippen molar-refractivity contribution in [3.63, 3.8) is 0 Å². The normalized spacial score (nSPS) is 10.2. The van der Waals surface area contributed by atoms with Crippen molar-refractivity contribution in [1.29, 1.82) is 0 Å². The van der Waals surface area contributed by atoms with E-state index in [1.54, 1.807) is 11.3 Å². The van der Waals surface area contributed by atoms with Gasteiger partial charge in [0.1, 0.15) is 5.75 Å². The van der Waals surface area contributed by atoms with Gasteiger partial charge in [-0.15, -0.1) is 23.1 Å². The fraction of sp³-hybridized carbons (Fsp3) is 0.0769. The Morgan fingerprint density at radius 3 is 2.70 bits per heavy atom. The van der Waals surface area contributed by atoms with Crippen LogP contribution in [0.1, 0.15) is 10.4 Å². The van der Waals surface area contributed by atoms with Crippen molar-refractivity contribution in [2.24, 2.45) is 0 Å². The number of aromatic hydroxyl groups is 1. The maximum Gasteiger partial charge on any atom is 0.335 e. The summed E-state index contributed by atoms with van der Waals surface area (Å²) in [7, 11) is 0. The number of aromatic carboxylic acids is 1. The molecular weight excluding hydrogens is 298 g/mol. The average Bonchev–Trinajstić information content (AvgIpc) is 2.91. The lowest BCUT2D eigenvalue weighted by atomic mass is 10.2. The Morgan fingerprint density at radius 2 is 2.10 bits per heavy atom. The first-order valence-corrected chi connectivity index (χ1v) is 7.45. The number of rotatable bonds is 5. The third kappa shape index (κ3) is 3.75. The van der Waals surface area contributed by atoms with E-state index in [-0.39, 0.29) is 28.7 Å². The van der Waals surface area contributed by atoms with E-state index >= 15 is 0 Å². The number of anilines is 1. The number of phenols is 1. The molecule has 0 aliphatic heterocycles. The van der Waals surface area contributed by atoms with E-state index in [0.717, 1.165) is 10.3 Å². The maximum absolute atomic E-state index is 11.7. The van der Waals surface area contributed by atoms with E-state index in [2.05, 4.69) is 5.32 Å². The molecule has 0 saturated heterocycles. The van der Waals surface area contributed by atoms with Crippen LogP contribution in [0.4, 0.5) is 5.69 Å². The molecule has 0 atom stereocenters. The number of hydrogen-bond donors (Lipinski definition) is 3. The molecular formula is C13H11NO4S2. The highest BCUT2D eigenvalue weighted by atomic mass is 32.2. The molecule has 2 aromatic rings. The van der Waals surface area contributed by atoms with Crippen LogP contribution in [0, 0.1) is 0 Å². The molecule has 0 aliphatic carbocycles. The predicted molar refractivity (Wildman–Crippen MR) is 78.7 cm³/mol. The molecule has 5 nitrogen and oxygen atoms in total. The average molecular weight is 309 g/mol. The molecule has 1 aromatic carbocycles. The summed E-state index contributed by atoms with van der Waals surface area (Å²) in [6, 6.07) is 7.62. The molecule has 0 spiro atoms. The van der Waals surface area contributed by atoms with Crippen molar-refractivity contribution in [2.75, 3.05) is 11.1 Å². The van der Waals surface area contributed by atoms with Crippen LogP contribution >= 0.6 is 23.1 Å². The summed E-state index contributed by atoms with van der Waals surface area (Å²) in [5.41, 5.74) is 0.167. The number of thiophene rings is 1. The third-order valence-corrected chi connectivity index (χ3v) is 4.49. The van der Waals surface area contributed by atoms with Crippen LogP contribution in [0.5, 0.6) is 5.75 Å². The number of amides is 1. The molecule has 0 radical (unpaired) electrons. The second-order valence-corrected chi connectivity index (χ2v) is 6.03. The number of nitrogens with one attached hydrogen (secondary N) is 1. The van der Waals surface area contributed by atoms with E-state index in [4.69, 9.17) is 5.11 Å². The number of thioether (sulfide) groups is 1. The van der Waals surface area contributed by atoms with Crippen LogP contribution in [-0.4, -0.2) is 27.8 Å². The zero-order valence-electron chi connectivity index (χ0n) is 10.2. The first kappa shape index (κ1) is 14.4. The van der Waals surface area contributed by atoms with Crippen LogP contribution in [-0.2, 0) is 4.79 Å². The van der Waals surface area contributed by atoms with Gasteiger partial charge in [-0.3, -0.25) is 4.79 Å². The Bertz CT molecular complexity index is 625. The molecule has 20 heavy (non-hydrogen) atoms. The number of carboxylic acid groups (broad SMARTS) is 1. The van der Waals surface area contributed by atoms with Gasteiger partial charge in [0.2, 0.25) is 5.91 Å². The zero-order valence-corrected chi connectivity index (χ0v) is 11.8. The number of hydrogen-bond acceptors (Lipinski definition) is 5. The van der Waals surface area contributed by atoms with Crippen molar-refractivity contribution < 1.29 is 19.8 Å². The number of carbonyl (C=O) groups excluding carboxylic acids is 1. The van der Waals surface area contributed by atoms with Crippen molar-refractivity contribution in [1.82, 2.24) is 0 Å². The second kappa shape index (κ2) is 6.44. The van der Waals surface area contributed by atoms with Crippen molar-refractivity contribution in [3.8, 4) is 5.75 Å². The van der Waals surface area contributed by atoms with Crippen LogP contribution in [0.2, 0.25) is 0 Å². The molecule has 1 amide bonds. The van der Waals surface area contributed by atoms with Crippen molar-refractivity contribution in [2.45, 2.75) is 4.21 Å². The first-order valence-electron chi connectivity index (χ1n) is 5.59. The van der Waals surface area contributed by atoms with Crippen LogP contribution in [0.25, 0.3) is 0 Å². The molecule has 0 aliphatic rings. The highest BCUT2D eigenvalue weighted by Crippen LogP contribution is 2.26. The zero-order chi connectivity index (χ0) is 14.5. The number of benzene rings is 1. The van der Waals surface area contributed by atoms with Gasteiger partial charge in [-0.25, -0.2) is 4.79 Å². The molecule has 0 bridgehead atoms. The Morgan fingerprint density at radius 1 is 1.30 bits per heavy atom. The summed E-state index contributed by atoms with van der Waals surface area (Å²) >= 11 is 2.95. The smallest absolute Gasteiger partial charge is 0.335 e. The second-order valence-electron chi connectivity index (χ2n) is 3.81. The highest BCUT2D eigenvalue weighted by molar-refractivity contribution is 8.01. The lowest BCUT2D eigenvalue weighted by Crippen LogP contribution is -2.14. The number of carbonyl (C=O) groups is 2. The van der Waals surface area contributed by atoms with E-state index in [1.165, 1.54) is 23.9 Å². The summed E-state index contributed by atoms with van der Waals surface area (Å²) in [5, 5.41) is 22.9. The van der Waals surface area contributed by atoms with E-state index in [0.29, 0.717) is 0 Å². The van der Waals surface area contributed by atoms with E-state index in [1.807, 2.05) is 17.5 Å². The summed E-state index contributed by atoms with van der Waals surface area (Å²) in [6.45, 7) is 0. The number of phenolic OH excluding ortho intramolecular Hbond substituents is 1. The molecule has 1 aromatic heterocycles. The highest BCUT2D eigenvalue weighted by Gasteiger charge is 2.10. The van der Waals surface area contributed by atoms with Gasteiger partial charge < -0.3 is 15.5 Å². The van der Waals surface area contributed by atoms with Gasteiger partial charge in [0.15, 0.2) is 0 Å². The summed E-state index contributed by atoms with van der Waals surface area (Å²) in [6.07, 6.45) is 0. The predicted octanol–water partition coefficient (Wildman–Crippen LogP) is 2.88.